The molecule has 1 atom stereocenters. The van der Waals surface area contributed by atoms with Crippen molar-refractivity contribution in [2.45, 2.75) is 12.6 Å². The Morgan fingerprint density at radius 3 is 2.65 bits per heavy atom. The van der Waals surface area contributed by atoms with E-state index in [1.54, 1.807) is 0 Å². The van der Waals surface area contributed by atoms with E-state index in [-0.39, 0.29) is 17.4 Å². The van der Waals surface area contributed by atoms with Crippen molar-refractivity contribution >= 4 is 33.6 Å². The van der Waals surface area contributed by atoms with Crippen LogP contribution >= 0.6 is 15.9 Å². The molecule has 0 radical (unpaired) electrons. The van der Waals surface area contributed by atoms with Crippen LogP contribution in [-0.2, 0) is 15.8 Å². The van der Waals surface area contributed by atoms with Gasteiger partial charge in [-0.05, 0) is 22.0 Å². The molecule has 1 amide bonds. The van der Waals surface area contributed by atoms with Gasteiger partial charge in [-0.25, -0.2) is 4.98 Å². The monoisotopic (exact) mass is 352 g/mol. The maximum absolute atomic E-state index is 12.9. The quantitative estimate of drug-likeness (QED) is 0.886. The summed E-state index contributed by atoms with van der Waals surface area (Å²) in [7, 11) is 0. The Hall–Kier alpha value is -1.64. The number of carboxylic acids is 1. The van der Waals surface area contributed by atoms with Crippen LogP contribution in [-0.4, -0.2) is 28.5 Å². The van der Waals surface area contributed by atoms with Crippen LogP contribution in [0.5, 0.6) is 0 Å². The van der Waals surface area contributed by atoms with Crippen LogP contribution in [0.4, 0.5) is 19.0 Å². The third-order valence-electron chi connectivity index (χ3n) is 2.87. The van der Waals surface area contributed by atoms with Gasteiger partial charge in [0.2, 0.25) is 5.91 Å². The Morgan fingerprint density at radius 1 is 1.50 bits per heavy atom. The standard InChI is InChI=1S/C11H8BrF3N2O3/c12-6-2-7(11(13,14)15)9(16-3-6)17-4-5(10(19)20)1-8(17)18/h2-3,5H,1,4H2,(H,19,20). The largest absolute Gasteiger partial charge is 0.481 e. The number of carboxylic acid groups (broad SMARTS) is 1. The zero-order chi connectivity index (χ0) is 15.1. The Morgan fingerprint density at radius 2 is 2.15 bits per heavy atom. The molecule has 1 N–H and O–H groups in total. The smallest absolute Gasteiger partial charge is 0.420 e. The van der Waals surface area contributed by atoms with Gasteiger partial charge in [-0.3, -0.25) is 14.5 Å². The molecule has 5 nitrogen and oxygen atoms in total. The van der Waals surface area contributed by atoms with E-state index in [0.29, 0.717) is 0 Å². The number of hydrogen-bond donors (Lipinski definition) is 1. The summed E-state index contributed by atoms with van der Waals surface area (Å²) >= 11 is 2.89. The summed E-state index contributed by atoms with van der Waals surface area (Å²) in [6, 6.07) is 0.809. The van der Waals surface area contributed by atoms with Crippen LogP contribution in [0.3, 0.4) is 0 Å². The molecule has 0 saturated carbocycles. The normalized spacial score (nSPS) is 19.5. The number of anilines is 1. The first-order chi connectivity index (χ1) is 9.20. The van der Waals surface area contributed by atoms with Gasteiger partial charge >= 0.3 is 12.1 Å². The number of alkyl halides is 3. The van der Waals surface area contributed by atoms with Gasteiger partial charge in [-0.1, -0.05) is 0 Å². The summed E-state index contributed by atoms with van der Waals surface area (Å²) in [4.78, 5) is 26.9. The Bertz CT molecular complexity index is 577. The molecule has 1 fully saturated rings. The van der Waals surface area contributed by atoms with Gasteiger partial charge in [-0.15, -0.1) is 0 Å². The first kappa shape index (κ1) is 14.8. The lowest BCUT2D eigenvalue weighted by atomic mass is 10.1. The minimum atomic E-state index is -4.69. The van der Waals surface area contributed by atoms with Crippen molar-refractivity contribution in [1.29, 1.82) is 0 Å². The molecule has 20 heavy (non-hydrogen) atoms. The lowest BCUT2D eigenvalue weighted by Gasteiger charge is -2.20. The lowest BCUT2D eigenvalue weighted by molar-refractivity contribution is -0.141. The number of aliphatic carboxylic acids is 1. The van der Waals surface area contributed by atoms with Gasteiger partial charge in [0.15, 0.2) is 0 Å². The number of halogens is 4. The van der Waals surface area contributed by atoms with E-state index in [4.69, 9.17) is 5.11 Å². The minimum absolute atomic E-state index is 0.120. The number of pyridine rings is 1. The van der Waals surface area contributed by atoms with Crippen molar-refractivity contribution in [2.24, 2.45) is 5.92 Å². The molecule has 1 aromatic rings. The molecule has 2 heterocycles. The molecule has 0 aliphatic carbocycles. The molecule has 9 heteroatoms. The summed E-state index contributed by atoms with van der Waals surface area (Å²) in [5.74, 6) is -3.48. The van der Waals surface area contributed by atoms with E-state index in [1.807, 2.05) is 0 Å². The van der Waals surface area contributed by atoms with Crippen molar-refractivity contribution in [3.05, 3.63) is 22.3 Å². The SMILES string of the molecule is O=C(O)C1CC(=O)N(c2ncc(Br)cc2C(F)(F)F)C1. The van der Waals surface area contributed by atoms with Crippen molar-refractivity contribution in [3.63, 3.8) is 0 Å². The summed E-state index contributed by atoms with van der Waals surface area (Å²) in [6.07, 6.45) is -3.88. The van der Waals surface area contributed by atoms with Gasteiger partial charge < -0.3 is 5.11 Å². The van der Waals surface area contributed by atoms with Crippen molar-refractivity contribution in [2.75, 3.05) is 11.4 Å². The molecule has 0 bridgehead atoms. The second-order valence-corrected chi connectivity index (χ2v) is 5.18. The summed E-state index contributed by atoms with van der Waals surface area (Å²) < 4.78 is 39.0. The van der Waals surface area contributed by atoms with E-state index < -0.39 is 35.4 Å². The highest BCUT2D eigenvalue weighted by Gasteiger charge is 2.42. The first-order valence-electron chi connectivity index (χ1n) is 5.46. The average molecular weight is 353 g/mol. The fraction of sp³-hybridized carbons (Fsp3) is 0.364. The number of carbonyl (C=O) groups excluding carboxylic acids is 1. The third kappa shape index (κ3) is 2.77. The van der Waals surface area contributed by atoms with Crippen LogP contribution in [0.1, 0.15) is 12.0 Å². The number of aromatic nitrogens is 1. The molecular formula is C11H8BrF3N2O3. The molecule has 1 aliphatic heterocycles. The van der Waals surface area contributed by atoms with Gasteiger partial charge in [0.1, 0.15) is 5.82 Å². The van der Waals surface area contributed by atoms with Gasteiger partial charge in [0.25, 0.3) is 0 Å². The molecule has 1 aromatic heterocycles. The second-order valence-electron chi connectivity index (χ2n) is 4.27. The highest BCUT2D eigenvalue weighted by atomic mass is 79.9. The topological polar surface area (TPSA) is 70.5 Å². The molecule has 1 unspecified atom stereocenters. The maximum atomic E-state index is 12.9. The van der Waals surface area contributed by atoms with Crippen LogP contribution < -0.4 is 4.90 Å². The molecule has 1 saturated heterocycles. The fourth-order valence-corrected chi connectivity index (χ4v) is 2.26. The molecule has 0 aromatic carbocycles. The molecule has 0 spiro atoms. The van der Waals surface area contributed by atoms with Gasteiger partial charge in [-0.2, -0.15) is 13.2 Å². The highest BCUT2D eigenvalue weighted by Crippen LogP contribution is 2.38. The Labute approximate surface area is 119 Å². The van der Waals surface area contributed by atoms with E-state index in [9.17, 15) is 22.8 Å². The number of amides is 1. The van der Waals surface area contributed by atoms with Gasteiger partial charge in [0, 0.05) is 23.6 Å². The van der Waals surface area contributed by atoms with E-state index in [2.05, 4.69) is 20.9 Å². The maximum Gasteiger partial charge on any atom is 0.420 e. The number of rotatable bonds is 2. The minimum Gasteiger partial charge on any atom is -0.481 e. The predicted octanol–water partition coefficient (Wildman–Crippen LogP) is 2.30. The number of nitrogens with zero attached hydrogens (tertiary/aromatic N) is 2. The zero-order valence-corrected chi connectivity index (χ0v) is 11.4. The van der Waals surface area contributed by atoms with Crippen LogP contribution in [0.2, 0.25) is 0 Å². The van der Waals surface area contributed by atoms with Crippen molar-refractivity contribution in [3.8, 4) is 0 Å². The molecule has 1 aliphatic rings. The van der Waals surface area contributed by atoms with E-state index in [1.165, 1.54) is 0 Å². The fourth-order valence-electron chi connectivity index (χ4n) is 1.93. The van der Waals surface area contributed by atoms with E-state index in [0.717, 1.165) is 17.2 Å². The molecule has 2 rings (SSSR count). The lowest BCUT2D eigenvalue weighted by Crippen LogP contribution is -2.29. The van der Waals surface area contributed by atoms with Crippen molar-refractivity contribution in [1.82, 2.24) is 4.98 Å². The van der Waals surface area contributed by atoms with Gasteiger partial charge in [0.05, 0.1) is 11.5 Å². The zero-order valence-electron chi connectivity index (χ0n) is 9.82. The highest BCUT2D eigenvalue weighted by molar-refractivity contribution is 9.10. The summed E-state index contributed by atoms with van der Waals surface area (Å²) in [5.41, 5.74) is -1.08. The molecule has 108 valence electrons. The predicted molar refractivity (Wildman–Crippen MR) is 65.0 cm³/mol. The molecular weight excluding hydrogens is 345 g/mol. The van der Waals surface area contributed by atoms with Crippen molar-refractivity contribution < 1.29 is 27.9 Å². The number of carbonyl (C=O) groups is 2. The Balaban J connectivity index is 2.43. The Kier molecular flexibility index (Phi) is 3.72. The third-order valence-corrected chi connectivity index (χ3v) is 3.30. The number of hydrogen-bond acceptors (Lipinski definition) is 3. The second kappa shape index (κ2) is 5.04. The summed E-state index contributed by atoms with van der Waals surface area (Å²) in [6.45, 7) is -0.314. The van der Waals surface area contributed by atoms with Crippen LogP contribution in [0, 0.1) is 5.92 Å². The van der Waals surface area contributed by atoms with Crippen LogP contribution in [0.25, 0.3) is 0 Å². The first-order valence-corrected chi connectivity index (χ1v) is 6.25. The average Bonchev–Trinajstić information content (AvgIpc) is 2.70. The van der Waals surface area contributed by atoms with Crippen LogP contribution in [0.15, 0.2) is 16.7 Å². The summed E-state index contributed by atoms with van der Waals surface area (Å²) in [5, 5.41) is 8.84. The van der Waals surface area contributed by atoms with E-state index >= 15 is 0 Å².